The van der Waals surface area contributed by atoms with Gasteiger partial charge in [0, 0.05) is 5.69 Å². The van der Waals surface area contributed by atoms with Crippen molar-refractivity contribution in [3.8, 4) is 0 Å². The summed E-state index contributed by atoms with van der Waals surface area (Å²) in [5.74, 6) is -0.668. The highest BCUT2D eigenvalue weighted by Gasteiger charge is 2.28. The van der Waals surface area contributed by atoms with Gasteiger partial charge >= 0.3 is 5.82 Å². The Balaban J connectivity index is 2.29. The van der Waals surface area contributed by atoms with E-state index in [2.05, 4.69) is 14.7 Å². The third-order valence-corrected chi connectivity index (χ3v) is 4.34. The van der Waals surface area contributed by atoms with Crippen LogP contribution >= 0.6 is 0 Å². The molecule has 1 aromatic heterocycles. The fourth-order valence-electron chi connectivity index (χ4n) is 1.84. The highest BCUT2D eigenvalue weighted by atomic mass is 32.2. The Morgan fingerprint density at radius 3 is 2.32 bits per heavy atom. The van der Waals surface area contributed by atoms with E-state index in [0.717, 1.165) is 11.9 Å². The molecule has 2 rings (SSSR count). The van der Waals surface area contributed by atoms with Crippen LogP contribution in [0.15, 0.2) is 35.6 Å². The molecule has 9 heteroatoms. The minimum absolute atomic E-state index is 0.0572. The van der Waals surface area contributed by atoms with Crippen LogP contribution in [0.2, 0.25) is 0 Å². The maximum Gasteiger partial charge on any atom is 0.361 e. The molecule has 0 saturated heterocycles. The third kappa shape index (κ3) is 3.25. The molecule has 8 nitrogen and oxygen atoms in total. The van der Waals surface area contributed by atoms with Crippen LogP contribution in [-0.2, 0) is 15.4 Å². The Kier molecular flexibility index (Phi) is 3.92. The molecule has 2 aromatic rings. The van der Waals surface area contributed by atoms with Gasteiger partial charge in [0.2, 0.25) is 0 Å². The van der Waals surface area contributed by atoms with Gasteiger partial charge in [-0.1, -0.05) is 32.9 Å². The van der Waals surface area contributed by atoms with E-state index in [1.165, 1.54) is 0 Å². The summed E-state index contributed by atoms with van der Waals surface area (Å²) < 4.78 is 26.6. The summed E-state index contributed by atoms with van der Waals surface area (Å²) in [6.45, 7) is 6.12. The smallest absolute Gasteiger partial charge is 0.358 e. The summed E-state index contributed by atoms with van der Waals surface area (Å²) in [4.78, 5) is 15.7. The number of nitrogens with zero attached hydrogens (tertiary/aromatic N) is 2. The maximum absolute atomic E-state index is 12.2. The van der Waals surface area contributed by atoms with Gasteiger partial charge in [0.1, 0.15) is 0 Å². The number of nitrogens with one attached hydrogen (secondary N) is 2. The van der Waals surface area contributed by atoms with Crippen molar-refractivity contribution in [2.24, 2.45) is 0 Å². The highest BCUT2D eigenvalue weighted by molar-refractivity contribution is 7.92. The summed E-state index contributed by atoms with van der Waals surface area (Å²) in [6.07, 6.45) is 0.968. The van der Waals surface area contributed by atoms with Crippen molar-refractivity contribution in [2.45, 2.75) is 31.2 Å². The topological polar surface area (TPSA) is 118 Å². The predicted molar refractivity (Wildman–Crippen MR) is 81.2 cm³/mol. The zero-order chi connectivity index (χ0) is 16.5. The van der Waals surface area contributed by atoms with Crippen molar-refractivity contribution < 1.29 is 13.3 Å². The molecule has 0 radical (unpaired) electrons. The number of H-pyrrole nitrogens is 1. The van der Waals surface area contributed by atoms with Crippen LogP contribution in [-0.4, -0.2) is 23.3 Å². The van der Waals surface area contributed by atoms with E-state index >= 15 is 0 Å². The highest BCUT2D eigenvalue weighted by Crippen LogP contribution is 2.25. The van der Waals surface area contributed by atoms with Crippen molar-refractivity contribution in [2.75, 3.05) is 4.72 Å². The van der Waals surface area contributed by atoms with Crippen LogP contribution in [0.25, 0.3) is 0 Å². The first-order chi connectivity index (χ1) is 10.1. The Bertz CT molecular complexity index is 788. The number of aromatic nitrogens is 2. The van der Waals surface area contributed by atoms with E-state index < -0.39 is 25.8 Å². The lowest BCUT2D eigenvalue weighted by Crippen LogP contribution is -2.15. The molecule has 1 heterocycles. The quantitative estimate of drug-likeness (QED) is 0.661. The number of nitro groups is 1. The summed E-state index contributed by atoms with van der Waals surface area (Å²) in [6, 6.07) is 6.82. The molecule has 0 spiro atoms. The molecule has 0 aliphatic heterocycles. The number of aromatic amines is 1. The van der Waals surface area contributed by atoms with Gasteiger partial charge in [-0.05, 0) is 28.0 Å². The lowest BCUT2D eigenvalue weighted by Gasteiger charge is -2.19. The zero-order valence-corrected chi connectivity index (χ0v) is 13.1. The lowest BCUT2D eigenvalue weighted by molar-refractivity contribution is -0.392. The van der Waals surface area contributed by atoms with Crippen molar-refractivity contribution in [3.63, 3.8) is 0 Å². The third-order valence-electron chi connectivity index (χ3n) is 3.03. The monoisotopic (exact) mass is 324 g/mol. The average molecular weight is 324 g/mol. The van der Waals surface area contributed by atoms with E-state index in [1.54, 1.807) is 24.3 Å². The van der Waals surface area contributed by atoms with E-state index in [-0.39, 0.29) is 5.41 Å². The summed E-state index contributed by atoms with van der Waals surface area (Å²) in [5, 5.41) is 10.1. The summed E-state index contributed by atoms with van der Waals surface area (Å²) in [5.41, 5.74) is 1.30. The predicted octanol–water partition coefficient (Wildman–Crippen LogP) is 2.42. The standard InChI is InChI=1S/C13H16N4O4S/c1-13(2,3)9-4-6-10(7-5-9)16-22(20,21)12-11(17(18)19)14-8-15-12/h4-8,16H,1-3H3,(H,14,15). The molecular weight excluding hydrogens is 308 g/mol. The Morgan fingerprint density at radius 2 is 1.82 bits per heavy atom. The average Bonchev–Trinajstić information content (AvgIpc) is 2.88. The number of rotatable bonds is 4. The maximum atomic E-state index is 12.2. The van der Waals surface area contributed by atoms with Crippen LogP contribution in [0.1, 0.15) is 26.3 Å². The van der Waals surface area contributed by atoms with E-state index in [0.29, 0.717) is 5.69 Å². The van der Waals surface area contributed by atoms with Gasteiger partial charge in [0.15, 0.2) is 6.33 Å². The number of anilines is 1. The van der Waals surface area contributed by atoms with Gasteiger partial charge in [0.05, 0.1) is 0 Å². The number of imidazole rings is 1. The van der Waals surface area contributed by atoms with Gasteiger partial charge in [-0.3, -0.25) is 4.72 Å². The van der Waals surface area contributed by atoms with E-state index in [4.69, 9.17) is 0 Å². The molecule has 0 saturated carbocycles. The number of sulfonamides is 1. The second-order valence-electron chi connectivity index (χ2n) is 5.75. The first-order valence-electron chi connectivity index (χ1n) is 6.42. The molecule has 0 amide bonds. The number of hydrogen-bond acceptors (Lipinski definition) is 5. The normalized spacial score (nSPS) is 12.1. The SMILES string of the molecule is CC(C)(C)c1ccc(NS(=O)(=O)c2nc[nH]c2[N+](=O)[O-])cc1. The number of hydrogen-bond donors (Lipinski definition) is 2. The first kappa shape index (κ1) is 16.0. The Labute approximate surface area is 127 Å². The van der Waals surface area contributed by atoms with Crippen molar-refractivity contribution in [1.82, 2.24) is 9.97 Å². The van der Waals surface area contributed by atoms with Crippen molar-refractivity contribution in [3.05, 3.63) is 46.3 Å². The van der Waals surface area contributed by atoms with Gasteiger partial charge < -0.3 is 10.1 Å². The second kappa shape index (κ2) is 5.41. The summed E-state index contributed by atoms with van der Waals surface area (Å²) >= 11 is 0. The molecule has 2 N–H and O–H groups in total. The molecule has 0 fully saturated rings. The molecule has 0 bridgehead atoms. The Hall–Kier alpha value is -2.42. The zero-order valence-electron chi connectivity index (χ0n) is 12.3. The summed E-state index contributed by atoms with van der Waals surface area (Å²) in [7, 11) is -4.13. The molecule has 22 heavy (non-hydrogen) atoms. The molecule has 0 atom stereocenters. The van der Waals surface area contributed by atoms with Gasteiger partial charge in [-0.15, -0.1) is 0 Å². The molecule has 1 aromatic carbocycles. The molecule has 0 unspecified atom stereocenters. The van der Waals surface area contributed by atoms with Gasteiger partial charge in [-0.25, -0.2) is 4.98 Å². The van der Waals surface area contributed by atoms with Gasteiger partial charge in [-0.2, -0.15) is 13.4 Å². The number of benzene rings is 1. The van der Waals surface area contributed by atoms with Gasteiger partial charge in [0.25, 0.3) is 15.0 Å². The largest absolute Gasteiger partial charge is 0.361 e. The minimum atomic E-state index is -4.13. The molecule has 118 valence electrons. The molecule has 0 aliphatic rings. The van der Waals surface area contributed by atoms with Crippen LogP contribution in [0.5, 0.6) is 0 Å². The van der Waals surface area contributed by atoms with Crippen LogP contribution < -0.4 is 4.72 Å². The molecule has 0 aliphatic carbocycles. The molecular formula is C13H16N4O4S. The van der Waals surface area contributed by atoms with E-state index in [1.807, 2.05) is 20.8 Å². The van der Waals surface area contributed by atoms with E-state index in [9.17, 15) is 18.5 Å². The first-order valence-corrected chi connectivity index (χ1v) is 7.91. The van der Waals surface area contributed by atoms with Crippen molar-refractivity contribution in [1.29, 1.82) is 0 Å². The van der Waals surface area contributed by atoms with Crippen LogP contribution in [0.3, 0.4) is 0 Å². The van der Waals surface area contributed by atoms with Crippen LogP contribution in [0.4, 0.5) is 11.5 Å². The van der Waals surface area contributed by atoms with Crippen molar-refractivity contribution >= 4 is 21.5 Å². The Morgan fingerprint density at radius 1 is 1.23 bits per heavy atom. The minimum Gasteiger partial charge on any atom is -0.358 e. The fourth-order valence-corrected chi connectivity index (χ4v) is 2.97. The fraction of sp³-hybridized carbons (Fsp3) is 0.308. The second-order valence-corrected chi connectivity index (χ2v) is 7.34. The lowest BCUT2D eigenvalue weighted by atomic mass is 9.87. The van der Waals surface area contributed by atoms with Crippen LogP contribution in [0, 0.1) is 10.1 Å².